The molecule has 1 atom stereocenters. The summed E-state index contributed by atoms with van der Waals surface area (Å²) in [6, 6.07) is 12.6. The van der Waals surface area contributed by atoms with Gasteiger partial charge in [-0.05, 0) is 54.8 Å². The van der Waals surface area contributed by atoms with E-state index in [0.717, 1.165) is 4.47 Å². The summed E-state index contributed by atoms with van der Waals surface area (Å²) in [4.78, 5) is 14.6. The number of nitrogens with zero attached hydrogens (tertiary/aromatic N) is 2. The van der Waals surface area contributed by atoms with Crippen molar-refractivity contribution in [3.05, 3.63) is 64.4 Å². The number of benzene rings is 2. The maximum absolute atomic E-state index is 13.4. The largest absolute Gasteiger partial charge is 0.341 e. The van der Waals surface area contributed by atoms with Crippen LogP contribution in [0.4, 0.5) is 4.39 Å². The second-order valence-electron chi connectivity index (χ2n) is 6.98. The molecule has 2 aromatic rings. The Balaban J connectivity index is 1.70. The lowest BCUT2D eigenvalue weighted by molar-refractivity contribution is -0.135. The van der Waals surface area contributed by atoms with Gasteiger partial charge < -0.3 is 4.90 Å². The van der Waals surface area contributed by atoms with Gasteiger partial charge in [0.1, 0.15) is 5.82 Å². The first-order chi connectivity index (χ1) is 13.3. The van der Waals surface area contributed by atoms with Crippen LogP contribution in [-0.2, 0) is 21.4 Å². The highest BCUT2D eigenvalue weighted by Crippen LogP contribution is 2.26. The SMILES string of the molecule is CN(Cc1cccc(F)c1)C(=O)C1CCCN(S(=O)(=O)c2ccc(Br)cc2)C1. The van der Waals surface area contributed by atoms with Crippen LogP contribution < -0.4 is 0 Å². The topological polar surface area (TPSA) is 57.7 Å². The summed E-state index contributed by atoms with van der Waals surface area (Å²) in [5.74, 6) is -0.875. The lowest BCUT2D eigenvalue weighted by Gasteiger charge is -2.33. The van der Waals surface area contributed by atoms with E-state index in [0.29, 0.717) is 24.9 Å². The van der Waals surface area contributed by atoms with Crippen LogP contribution in [0.15, 0.2) is 57.9 Å². The van der Waals surface area contributed by atoms with E-state index in [1.807, 2.05) is 0 Å². The minimum Gasteiger partial charge on any atom is -0.341 e. The molecule has 0 saturated carbocycles. The van der Waals surface area contributed by atoms with E-state index < -0.39 is 15.9 Å². The van der Waals surface area contributed by atoms with Crippen molar-refractivity contribution < 1.29 is 17.6 Å². The summed E-state index contributed by atoms with van der Waals surface area (Å²) in [6.07, 6.45) is 1.26. The predicted molar refractivity (Wildman–Crippen MR) is 108 cm³/mol. The van der Waals surface area contributed by atoms with E-state index >= 15 is 0 Å². The molecule has 2 aromatic carbocycles. The normalized spacial score (nSPS) is 18.0. The molecule has 1 aliphatic heterocycles. The van der Waals surface area contributed by atoms with E-state index in [9.17, 15) is 17.6 Å². The van der Waals surface area contributed by atoms with Crippen LogP contribution in [-0.4, -0.2) is 43.7 Å². The highest BCUT2D eigenvalue weighted by atomic mass is 79.9. The first-order valence-electron chi connectivity index (χ1n) is 9.02. The average molecular weight is 469 g/mol. The Labute approximate surface area is 173 Å². The van der Waals surface area contributed by atoms with Gasteiger partial charge in [0.25, 0.3) is 0 Å². The van der Waals surface area contributed by atoms with Gasteiger partial charge in [-0.1, -0.05) is 28.1 Å². The number of rotatable bonds is 5. The summed E-state index contributed by atoms with van der Waals surface area (Å²) in [6.45, 7) is 0.840. The van der Waals surface area contributed by atoms with Crippen molar-refractivity contribution in [2.75, 3.05) is 20.1 Å². The molecule has 1 aliphatic rings. The number of sulfonamides is 1. The molecule has 1 unspecified atom stereocenters. The smallest absolute Gasteiger partial charge is 0.243 e. The van der Waals surface area contributed by atoms with Crippen LogP contribution >= 0.6 is 15.9 Å². The Hall–Kier alpha value is -1.77. The molecule has 1 saturated heterocycles. The standard InChI is InChI=1S/C20H22BrFN2O3S/c1-23(13-15-4-2-6-18(22)12-15)20(25)16-5-3-11-24(14-16)28(26,27)19-9-7-17(21)8-10-19/h2,4,6-10,12,16H,3,5,11,13-14H2,1H3. The zero-order valence-corrected chi connectivity index (χ0v) is 17.9. The molecule has 0 aliphatic carbocycles. The van der Waals surface area contributed by atoms with Crippen molar-refractivity contribution >= 4 is 31.9 Å². The van der Waals surface area contributed by atoms with Gasteiger partial charge in [0.05, 0.1) is 10.8 Å². The van der Waals surface area contributed by atoms with Crippen molar-refractivity contribution in [3.63, 3.8) is 0 Å². The van der Waals surface area contributed by atoms with E-state index in [1.54, 1.807) is 43.4 Å². The number of carbonyl (C=O) groups is 1. The van der Waals surface area contributed by atoms with Crippen LogP contribution in [0, 0.1) is 11.7 Å². The fourth-order valence-electron chi connectivity index (χ4n) is 3.42. The van der Waals surface area contributed by atoms with Gasteiger partial charge in [-0.15, -0.1) is 0 Å². The number of hydrogen-bond acceptors (Lipinski definition) is 3. The van der Waals surface area contributed by atoms with Crippen molar-refractivity contribution in [2.45, 2.75) is 24.3 Å². The summed E-state index contributed by atoms with van der Waals surface area (Å²) in [7, 11) is -1.98. The minimum absolute atomic E-state index is 0.125. The second kappa shape index (κ2) is 8.71. The molecule has 0 spiro atoms. The number of hydrogen-bond donors (Lipinski definition) is 0. The molecule has 1 heterocycles. The molecule has 1 fully saturated rings. The van der Waals surface area contributed by atoms with Gasteiger partial charge in [0.15, 0.2) is 0 Å². The Bertz CT molecular complexity index is 950. The molecule has 0 aromatic heterocycles. The first-order valence-corrected chi connectivity index (χ1v) is 11.3. The molecule has 150 valence electrons. The first kappa shape index (κ1) is 21.0. The van der Waals surface area contributed by atoms with Gasteiger partial charge in [0.2, 0.25) is 15.9 Å². The molecule has 5 nitrogen and oxygen atoms in total. The van der Waals surface area contributed by atoms with Crippen LogP contribution in [0.2, 0.25) is 0 Å². The lowest BCUT2D eigenvalue weighted by atomic mass is 9.98. The molecular formula is C20H22BrFN2O3S. The monoisotopic (exact) mass is 468 g/mol. The Morgan fingerprint density at radius 3 is 2.64 bits per heavy atom. The Kier molecular flexibility index (Phi) is 6.52. The molecule has 1 amide bonds. The summed E-state index contributed by atoms with van der Waals surface area (Å²) in [5.41, 5.74) is 0.700. The van der Waals surface area contributed by atoms with Gasteiger partial charge in [-0.2, -0.15) is 4.31 Å². The fourth-order valence-corrected chi connectivity index (χ4v) is 5.20. The number of piperidine rings is 1. The van der Waals surface area contributed by atoms with E-state index in [1.165, 1.54) is 21.3 Å². The van der Waals surface area contributed by atoms with Crippen molar-refractivity contribution in [3.8, 4) is 0 Å². The third kappa shape index (κ3) is 4.79. The van der Waals surface area contributed by atoms with Crippen LogP contribution in [0.5, 0.6) is 0 Å². The van der Waals surface area contributed by atoms with Crippen LogP contribution in [0.1, 0.15) is 18.4 Å². The second-order valence-corrected chi connectivity index (χ2v) is 9.83. The van der Waals surface area contributed by atoms with Gasteiger partial charge in [-0.25, -0.2) is 12.8 Å². The zero-order valence-electron chi connectivity index (χ0n) is 15.5. The highest BCUT2D eigenvalue weighted by Gasteiger charge is 2.34. The molecule has 0 radical (unpaired) electrons. The number of amides is 1. The lowest BCUT2D eigenvalue weighted by Crippen LogP contribution is -2.45. The van der Waals surface area contributed by atoms with Crippen LogP contribution in [0.3, 0.4) is 0 Å². The third-order valence-corrected chi connectivity index (χ3v) is 7.28. The molecule has 0 bridgehead atoms. The third-order valence-electron chi connectivity index (χ3n) is 4.87. The summed E-state index contributed by atoms with van der Waals surface area (Å²) < 4.78 is 41.4. The summed E-state index contributed by atoms with van der Waals surface area (Å²) in [5, 5.41) is 0. The van der Waals surface area contributed by atoms with Crippen molar-refractivity contribution in [1.29, 1.82) is 0 Å². The number of carbonyl (C=O) groups excluding carboxylic acids is 1. The highest BCUT2D eigenvalue weighted by molar-refractivity contribution is 9.10. The fraction of sp³-hybridized carbons (Fsp3) is 0.350. The minimum atomic E-state index is -3.64. The Morgan fingerprint density at radius 1 is 1.25 bits per heavy atom. The van der Waals surface area contributed by atoms with Gasteiger partial charge in [-0.3, -0.25) is 4.79 Å². The quantitative estimate of drug-likeness (QED) is 0.672. The molecule has 3 rings (SSSR count). The maximum atomic E-state index is 13.4. The maximum Gasteiger partial charge on any atom is 0.243 e. The van der Waals surface area contributed by atoms with Crippen molar-refractivity contribution in [1.82, 2.24) is 9.21 Å². The predicted octanol–water partition coefficient (Wildman–Crippen LogP) is 3.65. The molecule has 28 heavy (non-hydrogen) atoms. The van der Waals surface area contributed by atoms with E-state index in [-0.39, 0.29) is 29.7 Å². The van der Waals surface area contributed by atoms with E-state index in [2.05, 4.69) is 15.9 Å². The van der Waals surface area contributed by atoms with Gasteiger partial charge >= 0.3 is 0 Å². The van der Waals surface area contributed by atoms with Gasteiger partial charge in [0, 0.05) is 31.2 Å². The van der Waals surface area contributed by atoms with Crippen LogP contribution in [0.25, 0.3) is 0 Å². The number of halogens is 2. The van der Waals surface area contributed by atoms with Crippen molar-refractivity contribution in [2.24, 2.45) is 5.92 Å². The molecule has 0 N–H and O–H groups in total. The van der Waals surface area contributed by atoms with E-state index in [4.69, 9.17) is 0 Å². The zero-order chi connectivity index (χ0) is 20.3. The summed E-state index contributed by atoms with van der Waals surface area (Å²) >= 11 is 3.30. The average Bonchev–Trinajstić information content (AvgIpc) is 2.68. The Morgan fingerprint density at radius 2 is 1.96 bits per heavy atom. The molecular weight excluding hydrogens is 447 g/mol. The molecule has 8 heteroatoms.